The van der Waals surface area contributed by atoms with Gasteiger partial charge in [0.25, 0.3) is 0 Å². The van der Waals surface area contributed by atoms with Gasteiger partial charge in [0.15, 0.2) is 6.20 Å². The highest BCUT2D eigenvalue weighted by Crippen LogP contribution is 2.33. The van der Waals surface area contributed by atoms with Crippen molar-refractivity contribution in [1.29, 1.82) is 0 Å². The molecule has 0 spiro atoms. The minimum Gasteiger partial charge on any atom is -0.303 e. The number of nitrogens with zero attached hydrogens (tertiary/aromatic N) is 3. The van der Waals surface area contributed by atoms with Gasteiger partial charge >= 0.3 is 0 Å². The highest BCUT2D eigenvalue weighted by Gasteiger charge is 2.22. The Morgan fingerprint density at radius 3 is 2.69 bits per heavy atom. The number of fused-ring (bicyclic) bond motifs is 3. The third-order valence-electron chi connectivity index (χ3n) is 5.21. The summed E-state index contributed by atoms with van der Waals surface area (Å²) in [5.41, 5.74) is 8.38. The molecule has 4 aromatic rings. The van der Waals surface area contributed by atoms with Gasteiger partial charge in [-0.15, -0.1) is 0 Å². The molecule has 126 valence electrons. The summed E-state index contributed by atoms with van der Waals surface area (Å²) in [5, 5.41) is 0. The molecule has 1 aliphatic heterocycles. The normalized spacial score (nSPS) is 12.7. The second-order valence-electron chi connectivity index (χ2n) is 6.89. The first-order chi connectivity index (χ1) is 12.7. The molecule has 0 unspecified atom stereocenters. The fourth-order valence-corrected chi connectivity index (χ4v) is 3.84. The molecular weight excluding hydrogens is 318 g/mol. The molecule has 3 heterocycles. The smallest absolute Gasteiger partial charge is 0.215 e. The summed E-state index contributed by atoms with van der Waals surface area (Å²) in [7, 11) is 2.10. The predicted octanol–water partition coefficient (Wildman–Crippen LogP) is 4.53. The lowest BCUT2D eigenvalue weighted by Crippen LogP contribution is -2.30. The number of imidazole rings is 1. The number of pyridine rings is 1. The summed E-state index contributed by atoms with van der Waals surface area (Å²) in [6, 6.07) is 19.4. The largest absolute Gasteiger partial charge is 0.303 e. The van der Waals surface area contributed by atoms with E-state index in [1.165, 1.54) is 33.5 Å². The summed E-state index contributed by atoms with van der Waals surface area (Å²) < 4.78 is 4.40. The van der Waals surface area contributed by atoms with Crippen LogP contribution in [0.4, 0.5) is 0 Å². The molecule has 5 rings (SSSR count). The average Bonchev–Trinajstić information content (AvgIpc) is 3.24. The molecular formula is C23H20N3+. The van der Waals surface area contributed by atoms with Crippen LogP contribution in [-0.4, -0.2) is 9.55 Å². The molecule has 26 heavy (non-hydrogen) atoms. The molecule has 0 bridgehead atoms. The van der Waals surface area contributed by atoms with E-state index in [1.54, 1.807) is 0 Å². The highest BCUT2D eigenvalue weighted by molar-refractivity contribution is 5.94. The lowest BCUT2D eigenvalue weighted by molar-refractivity contribution is -0.660. The minimum absolute atomic E-state index is 0.906. The monoisotopic (exact) mass is 338 g/mol. The average molecular weight is 338 g/mol. The lowest BCUT2D eigenvalue weighted by Gasteiger charge is -2.08. The molecule has 0 saturated carbocycles. The van der Waals surface area contributed by atoms with E-state index in [0.717, 1.165) is 17.8 Å². The maximum Gasteiger partial charge on any atom is 0.215 e. The zero-order valence-corrected chi connectivity index (χ0v) is 15.0. The van der Waals surface area contributed by atoms with Gasteiger partial charge < -0.3 is 4.57 Å². The van der Waals surface area contributed by atoms with Crippen LogP contribution < -0.4 is 4.57 Å². The Balaban J connectivity index is 1.78. The standard InChI is InChI=1S/C23H20N3/c1-16-10-11-19-23(24-21-9-6-13-26(19)21)22(16)20-15-18(12-14-25(20)2)17-7-4-3-5-8-17/h3-8,10-15H,9H2,1-2H3/q+1. The van der Waals surface area contributed by atoms with Crippen LogP contribution in [0.15, 0.2) is 66.9 Å². The van der Waals surface area contributed by atoms with Gasteiger partial charge in [-0.05, 0) is 29.7 Å². The van der Waals surface area contributed by atoms with Crippen molar-refractivity contribution in [3.63, 3.8) is 0 Å². The Labute approximate surface area is 152 Å². The van der Waals surface area contributed by atoms with Gasteiger partial charge in [-0.25, -0.2) is 9.55 Å². The Morgan fingerprint density at radius 2 is 1.85 bits per heavy atom. The molecule has 2 aromatic carbocycles. The molecule has 3 heteroatoms. The van der Waals surface area contributed by atoms with Gasteiger partial charge in [0.1, 0.15) is 18.4 Å². The van der Waals surface area contributed by atoms with E-state index in [0.29, 0.717) is 0 Å². The second kappa shape index (κ2) is 5.67. The summed E-state index contributed by atoms with van der Waals surface area (Å²) in [6.45, 7) is 2.17. The number of allylic oxidation sites excluding steroid dienone is 1. The van der Waals surface area contributed by atoms with Crippen LogP contribution in [-0.2, 0) is 13.5 Å². The number of hydrogen-bond acceptors (Lipinski definition) is 1. The SMILES string of the molecule is Cc1ccc2c(nc3n2C=CC3)c1-c1cc(-c2ccccc2)cc[n+]1C. The van der Waals surface area contributed by atoms with Crippen molar-refractivity contribution in [3.05, 3.63) is 78.3 Å². The van der Waals surface area contributed by atoms with E-state index in [-0.39, 0.29) is 0 Å². The van der Waals surface area contributed by atoms with Crippen molar-refractivity contribution in [2.24, 2.45) is 7.05 Å². The molecule has 0 radical (unpaired) electrons. The number of benzene rings is 2. The molecule has 0 atom stereocenters. The molecule has 3 nitrogen and oxygen atoms in total. The highest BCUT2D eigenvalue weighted by atomic mass is 15.1. The number of aromatic nitrogens is 3. The van der Waals surface area contributed by atoms with Crippen molar-refractivity contribution < 1.29 is 4.57 Å². The topological polar surface area (TPSA) is 21.7 Å². The minimum atomic E-state index is 0.906. The van der Waals surface area contributed by atoms with Crippen molar-refractivity contribution in [2.75, 3.05) is 0 Å². The van der Waals surface area contributed by atoms with Crippen LogP contribution in [0.1, 0.15) is 11.4 Å². The third kappa shape index (κ3) is 2.21. The van der Waals surface area contributed by atoms with Gasteiger partial charge in [0.2, 0.25) is 5.69 Å². The molecule has 0 N–H and O–H groups in total. The van der Waals surface area contributed by atoms with Crippen LogP contribution in [0.5, 0.6) is 0 Å². The molecule has 0 amide bonds. The van der Waals surface area contributed by atoms with Gasteiger partial charge in [0.05, 0.1) is 11.1 Å². The summed E-state index contributed by atoms with van der Waals surface area (Å²) in [6.07, 6.45) is 7.34. The fraction of sp³-hybridized carbons (Fsp3) is 0.130. The van der Waals surface area contributed by atoms with Crippen molar-refractivity contribution in [2.45, 2.75) is 13.3 Å². The van der Waals surface area contributed by atoms with E-state index in [2.05, 4.69) is 96.2 Å². The second-order valence-corrected chi connectivity index (χ2v) is 6.89. The maximum atomic E-state index is 4.96. The van der Waals surface area contributed by atoms with Gasteiger partial charge in [-0.2, -0.15) is 0 Å². The van der Waals surface area contributed by atoms with E-state index in [9.17, 15) is 0 Å². The molecule has 0 fully saturated rings. The van der Waals surface area contributed by atoms with Crippen LogP contribution in [0, 0.1) is 6.92 Å². The zero-order chi connectivity index (χ0) is 17.7. The van der Waals surface area contributed by atoms with Gasteiger partial charge in [-0.3, -0.25) is 0 Å². The van der Waals surface area contributed by atoms with Crippen LogP contribution in [0.25, 0.3) is 39.6 Å². The van der Waals surface area contributed by atoms with Crippen LogP contribution in [0.3, 0.4) is 0 Å². The predicted molar refractivity (Wildman–Crippen MR) is 106 cm³/mol. The summed E-state index contributed by atoms with van der Waals surface area (Å²) >= 11 is 0. The number of aryl methyl sites for hydroxylation is 2. The first kappa shape index (κ1) is 15.1. The van der Waals surface area contributed by atoms with E-state index < -0.39 is 0 Å². The first-order valence-corrected chi connectivity index (χ1v) is 8.95. The van der Waals surface area contributed by atoms with Crippen molar-refractivity contribution in [3.8, 4) is 22.4 Å². The molecule has 0 saturated heterocycles. The number of rotatable bonds is 2. The third-order valence-corrected chi connectivity index (χ3v) is 5.21. The summed E-state index contributed by atoms with van der Waals surface area (Å²) in [5.74, 6) is 1.12. The molecule has 2 aromatic heterocycles. The van der Waals surface area contributed by atoms with E-state index >= 15 is 0 Å². The van der Waals surface area contributed by atoms with Crippen molar-refractivity contribution in [1.82, 2.24) is 9.55 Å². The van der Waals surface area contributed by atoms with E-state index in [1.807, 2.05) is 0 Å². The van der Waals surface area contributed by atoms with Crippen LogP contribution >= 0.6 is 0 Å². The zero-order valence-electron chi connectivity index (χ0n) is 15.0. The molecule has 0 aliphatic carbocycles. The fourth-order valence-electron chi connectivity index (χ4n) is 3.84. The van der Waals surface area contributed by atoms with Crippen LogP contribution in [0.2, 0.25) is 0 Å². The maximum absolute atomic E-state index is 4.96. The lowest BCUT2D eigenvalue weighted by atomic mass is 9.99. The Morgan fingerprint density at radius 1 is 1.00 bits per heavy atom. The Hall–Kier alpha value is -3.20. The Bertz CT molecular complexity index is 1170. The van der Waals surface area contributed by atoms with E-state index in [4.69, 9.17) is 4.98 Å². The quantitative estimate of drug-likeness (QED) is 0.492. The first-order valence-electron chi connectivity index (χ1n) is 8.95. The molecule has 1 aliphatic rings. The van der Waals surface area contributed by atoms with Crippen molar-refractivity contribution >= 4 is 17.2 Å². The van der Waals surface area contributed by atoms with Gasteiger partial charge in [0, 0.05) is 24.8 Å². The van der Waals surface area contributed by atoms with Gasteiger partial charge in [-0.1, -0.05) is 42.5 Å². The summed E-state index contributed by atoms with van der Waals surface area (Å²) in [4.78, 5) is 4.96. The number of hydrogen-bond donors (Lipinski definition) is 0. The Kier molecular flexibility index (Phi) is 3.29.